The zero-order valence-electron chi connectivity index (χ0n) is 18.9. The minimum absolute atomic E-state index is 0. The molecular formula is C23H48NO3Y-. The summed E-state index contributed by atoms with van der Waals surface area (Å²) in [5.74, 6) is 0. The van der Waals surface area contributed by atoms with Gasteiger partial charge in [0.2, 0.25) is 6.41 Å². The van der Waals surface area contributed by atoms with Crippen molar-refractivity contribution in [2.75, 3.05) is 13.7 Å². The summed E-state index contributed by atoms with van der Waals surface area (Å²) in [6.07, 6.45) is 24.0. The van der Waals surface area contributed by atoms with Crippen LogP contribution in [0.5, 0.6) is 0 Å². The van der Waals surface area contributed by atoms with E-state index in [2.05, 4.69) is 19.2 Å². The molecule has 0 bridgehead atoms. The first kappa shape index (κ1) is 35.6. The quantitative estimate of drug-likeness (QED) is 0.137. The Labute approximate surface area is 201 Å². The van der Waals surface area contributed by atoms with Crippen molar-refractivity contribution < 1.29 is 47.4 Å². The van der Waals surface area contributed by atoms with E-state index in [9.17, 15) is 9.59 Å². The van der Waals surface area contributed by atoms with Crippen molar-refractivity contribution >= 4 is 12.7 Å². The second kappa shape index (κ2) is 41.5. The first-order valence-electron chi connectivity index (χ1n) is 11.2. The van der Waals surface area contributed by atoms with Crippen LogP contribution < -0.4 is 5.32 Å². The first-order chi connectivity index (χ1) is 13.3. The Morgan fingerprint density at radius 1 is 0.714 bits per heavy atom. The van der Waals surface area contributed by atoms with Gasteiger partial charge < -0.3 is 22.1 Å². The molecule has 0 fully saturated rings. The first-order valence-corrected chi connectivity index (χ1v) is 11.2. The number of carbonyl (C=O) groups excluding carboxylic acids is 2. The summed E-state index contributed by atoms with van der Waals surface area (Å²) in [6, 6.07) is 0. The van der Waals surface area contributed by atoms with Crippen molar-refractivity contribution in [2.45, 2.75) is 116 Å². The molecule has 0 atom stereocenters. The smallest absolute Gasteiger partial charge is 0.207 e. The number of carbonyl (C=O) groups is 2. The number of aliphatic hydroxyl groups excluding tert-OH is 1. The summed E-state index contributed by atoms with van der Waals surface area (Å²) >= 11 is 0. The number of unbranched alkanes of at least 4 members (excludes halogenated alkanes) is 15. The van der Waals surface area contributed by atoms with Crippen LogP contribution in [0.3, 0.4) is 0 Å². The molecule has 4 nitrogen and oxygen atoms in total. The monoisotopic (exact) mass is 475 g/mol. The Hall–Kier alpha value is 0.204. The molecular weight excluding hydrogens is 427 g/mol. The van der Waals surface area contributed by atoms with E-state index >= 15 is 0 Å². The molecule has 0 aromatic heterocycles. The minimum atomic E-state index is 0. The zero-order chi connectivity index (χ0) is 20.8. The van der Waals surface area contributed by atoms with Gasteiger partial charge in [0.05, 0.1) is 0 Å². The van der Waals surface area contributed by atoms with Gasteiger partial charge >= 0.3 is 0 Å². The maximum absolute atomic E-state index is 10.1. The molecule has 5 heteroatoms. The van der Waals surface area contributed by atoms with Gasteiger partial charge in [0.15, 0.2) is 0 Å². The van der Waals surface area contributed by atoms with Gasteiger partial charge in [0.25, 0.3) is 0 Å². The third kappa shape index (κ3) is 45.1. The maximum Gasteiger partial charge on any atom is 0.207 e. The molecule has 0 heterocycles. The molecule has 0 aliphatic rings. The van der Waals surface area contributed by atoms with Crippen LogP contribution in [0.2, 0.25) is 0 Å². The predicted molar refractivity (Wildman–Crippen MR) is 118 cm³/mol. The van der Waals surface area contributed by atoms with Gasteiger partial charge in [-0.15, -0.1) is 0 Å². The van der Waals surface area contributed by atoms with Crippen LogP contribution in [-0.4, -0.2) is 31.5 Å². The zero-order valence-corrected chi connectivity index (χ0v) is 21.8. The molecule has 0 saturated carbocycles. The van der Waals surface area contributed by atoms with E-state index in [-0.39, 0.29) is 32.7 Å². The Bertz CT molecular complexity index is 254. The molecule has 0 aliphatic heterocycles. The van der Waals surface area contributed by atoms with Gasteiger partial charge in [-0.3, -0.25) is 4.79 Å². The van der Waals surface area contributed by atoms with Crippen molar-refractivity contribution in [3.8, 4) is 0 Å². The van der Waals surface area contributed by atoms with Crippen molar-refractivity contribution in [2.24, 2.45) is 0 Å². The summed E-state index contributed by atoms with van der Waals surface area (Å²) in [4.78, 5) is 19.6. The number of hydrogen-bond acceptors (Lipinski definition) is 3. The van der Waals surface area contributed by atoms with Crippen LogP contribution in [0.25, 0.3) is 0 Å². The van der Waals surface area contributed by atoms with Crippen LogP contribution >= 0.6 is 0 Å². The van der Waals surface area contributed by atoms with Crippen molar-refractivity contribution in [1.82, 2.24) is 5.32 Å². The Morgan fingerprint density at radius 2 is 1.07 bits per heavy atom. The standard InChI is InChI=1S/C18H36O.C4H8NO.CH4O.Y/c1-2-3-4-5-6-7-8-9-10-11-12-13-14-15-16-17-18-19;1-2-3-5-4-6;1-2;/h18H,2-17H2,1H3;4H,1-3H2,(H,5,6);2H,1H3;/q;-1;;. The summed E-state index contributed by atoms with van der Waals surface area (Å²) in [6.45, 7) is 6.47. The van der Waals surface area contributed by atoms with E-state index in [1.807, 2.05) is 0 Å². The van der Waals surface area contributed by atoms with Crippen molar-refractivity contribution in [3.05, 3.63) is 6.92 Å². The van der Waals surface area contributed by atoms with E-state index in [0.29, 0.717) is 13.0 Å². The SMILES string of the molecule is CCCCCCCCCCCCCCCCCC=O.CO.[CH2-]CCNC=O.[Y]. The number of amides is 1. The molecule has 0 rings (SSSR count). The Balaban J connectivity index is -0.000000272. The van der Waals surface area contributed by atoms with Crippen molar-refractivity contribution in [3.63, 3.8) is 0 Å². The third-order valence-corrected chi connectivity index (χ3v) is 4.33. The van der Waals surface area contributed by atoms with Gasteiger partial charge in [-0.05, 0) is 13.0 Å². The average Bonchev–Trinajstić information content (AvgIpc) is 2.71. The van der Waals surface area contributed by atoms with Crippen LogP contribution in [0.15, 0.2) is 0 Å². The largest absolute Gasteiger partial charge is 0.400 e. The molecule has 1 amide bonds. The molecule has 0 aromatic carbocycles. The Kier molecular flexibility index (Phi) is 52.9. The summed E-state index contributed by atoms with van der Waals surface area (Å²) < 4.78 is 0. The topological polar surface area (TPSA) is 66.4 Å². The molecule has 167 valence electrons. The molecule has 2 N–H and O–H groups in total. The van der Waals surface area contributed by atoms with E-state index < -0.39 is 0 Å². The fourth-order valence-corrected chi connectivity index (χ4v) is 2.76. The number of rotatable bonds is 19. The maximum atomic E-state index is 10.1. The average molecular weight is 476 g/mol. The van der Waals surface area contributed by atoms with Gasteiger partial charge in [-0.2, -0.15) is 6.42 Å². The third-order valence-electron chi connectivity index (χ3n) is 4.33. The van der Waals surface area contributed by atoms with E-state index in [0.717, 1.165) is 32.7 Å². The molecule has 1 radical (unpaired) electrons. The molecule has 0 unspecified atom stereocenters. The van der Waals surface area contributed by atoms with E-state index in [4.69, 9.17) is 5.11 Å². The summed E-state index contributed by atoms with van der Waals surface area (Å²) in [5.41, 5.74) is 0. The van der Waals surface area contributed by atoms with Crippen LogP contribution in [0.1, 0.15) is 116 Å². The predicted octanol–water partition coefficient (Wildman–Crippen LogP) is 6.01. The summed E-state index contributed by atoms with van der Waals surface area (Å²) in [7, 11) is 1.00. The fraction of sp³-hybridized carbons (Fsp3) is 0.870. The fourth-order valence-electron chi connectivity index (χ4n) is 2.76. The van der Waals surface area contributed by atoms with Gasteiger partial charge in [0, 0.05) is 46.2 Å². The second-order valence-corrected chi connectivity index (χ2v) is 6.83. The number of hydrogen-bond donors (Lipinski definition) is 2. The van der Waals surface area contributed by atoms with Crippen molar-refractivity contribution in [1.29, 1.82) is 0 Å². The van der Waals surface area contributed by atoms with E-state index in [1.54, 1.807) is 0 Å². The number of nitrogens with one attached hydrogen (secondary N) is 1. The van der Waals surface area contributed by atoms with Gasteiger partial charge in [0.1, 0.15) is 6.29 Å². The summed E-state index contributed by atoms with van der Waals surface area (Å²) in [5, 5.41) is 9.45. The molecule has 0 aliphatic carbocycles. The molecule has 28 heavy (non-hydrogen) atoms. The van der Waals surface area contributed by atoms with Crippen LogP contribution in [-0.2, 0) is 42.3 Å². The number of aliphatic hydroxyl groups is 1. The van der Waals surface area contributed by atoms with E-state index in [1.165, 1.54) is 89.9 Å². The van der Waals surface area contributed by atoms with Crippen LogP contribution in [0, 0.1) is 6.92 Å². The Morgan fingerprint density at radius 3 is 1.32 bits per heavy atom. The van der Waals surface area contributed by atoms with Gasteiger partial charge in [-0.25, -0.2) is 0 Å². The van der Waals surface area contributed by atoms with Gasteiger partial charge in [-0.1, -0.05) is 96.8 Å². The minimum Gasteiger partial charge on any atom is -0.400 e. The molecule has 0 aromatic rings. The van der Waals surface area contributed by atoms with Crippen LogP contribution in [0.4, 0.5) is 0 Å². The molecule has 0 spiro atoms. The number of aldehydes is 1. The second-order valence-electron chi connectivity index (χ2n) is 6.83. The normalized spacial score (nSPS) is 9.14. The molecule has 0 saturated heterocycles.